The fraction of sp³-hybridized carbons (Fsp3) is 0.333. The molecule has 2 aromatic rings. The molecule has 1 fully saturated rings. The van der Waals surface area contributed by atoms with Gasteiger partial charge in [-0.15, -0.1) is 0 Å². The summed E-state index contributed by atoms with van der Waals surface area (Å²) in [4.78, 5) is 26.2. The monoisotopic (exact) mass is 390 g/mol. The minimum Gasteiger partial charge on any atom is -0.353 e. The Morgan fingerprint density at radius 2 is 1.57 bits per heavy atom. The molecule has 4 nitrogen and oxygen atoms in total. The number of piperidine rings is 1. The summed E-state index contributed by atoms with van der Waals surface area (Å²) >= 11 is 0. The molecule has 148 valence electrons. The zero-order chi connectivity index (χ0) is 20.1. The molecule has 0 aliphatic carbocycles. The van der Waals surface area contributed by atoms with Crippen LogP contribution in [0.2, 0.25) is 0 Å². The van der Waals surface area contributed by atoms with Gasteiger partial charge in [0, 0.05) is 19.1 Å². The molecule has 2 amide bonds. The highest BCUT2D eigenvalue weighted by Gasteiger charge is 2.36. The molecule has 1 saturated heterocycles. The molecule has 0 aromatic heterocycles. The molecule has 7 heteroatoms. The summed E-state index contributed by atoms with van der Waals surface area (Å²) in [5, 5.41) is 2.95. The van der Waals surface area contributed by atoms with Crippen molar-refractivity contribution >= 4 is 11.8 Å². The van der Waals surface area contributed by atoms with Crippen LogP contribution in [0.15, 0.2) is 54.6 Å². The van der Waals surface area contributed by atoms with Crippen molar-refractivity contribution in [1.29, 1.82) is 0 Å². The van der Waals surface area contributed by atoms with E-state index in [2.05, 4.69) is 5.32 Å². The van der Waals surface area contributed by atoms with Crippen LogP contribution in [0.4, 0.5) is 13.2 Å². The molecule has 1 aliphatic heterocycles. The van der Waals surface area contributed by atoms with Gasteiger partial charge in [0.15, 0.2) is 0 Å². The van der Waals surface area contributed by atoms with Crippen molar-refractivity contribution in [3.05, 3.63) is 71.3 Å². The van der Waals surface area contributed by atoms with E-state index in [0.717, 1.165) is 11.6 Å². The number of alkyl halides is 3. The average molecular weight is 390 g/mol. The van der Waals surface area contributed by atoms with Crippen molar-refractivity contribution in [1.82, 2.24) is 10.2 Å². The summed E-state index contributed by atoms with van der Waals surface area (Å²) in [6.45, 7) is 0.614. The van der Waals surface area contributed by atoms with E-state index >= 15 is 0 Å². The van der Waals surface area contributed by atoms with E-state index in [1.807, 2.05) is 30.3 Å². The molecule has 0 saturated carbocycles. The minimum atomic E-state index is -4.57. The lowest BCUT2D eigenvalue weighted by Gasteiger charge is -2.33. The molecule has 2 aromatic carbocycles. The minimum absolute atomic E-state index is 0.0851. The number of halogens is 3. The Labute approximate surface area is 161 Å². The van der Waals surface area contributed by atoms with Crippen LogP contribution in [0.1, 0.15) is 34.3 Å². The molecule has 0 radical (unpaired) electrons. The Balaban J connectivity index is 1.56. The normalized spacial score (nSPS) is 15.3. The predicted octanol–water partition coefficient (Wildman–Crippen LogP) is 3.67. The van der Waals surface area contributed by atoms with Crippen LogP contribution in [0, 0.1) is 0 Å². The number of amides is 2. The Morgan fingerprint density at radius 1 is 0.964 bits per heavy atom. The first-order valence-electron chi connectivity index (χ1n) is 9.13. The van der Waals surface area contributed by atoms with Crippen LogP contribution in [-0.4, -0.2) is 35.8 Å². The lowest BCUT2D eigenvalue weighted by molar-refractivity contribution is -0.138. The number of likely N-dealkylation sites (tertiary alicyclic amines) is 1. The molecule has 0 bridgehead atoms. The molecule has 1 aliphatic rings. The highest BCUT2D eigenvalue weighted by atomic mass is 19.4. The predicted molar refractivity (Wildman–Crippen MR) is 98.7 cm³/mol. The van der Waals surface area contributed by atoms with Crippen LogP contribution in [0.5, 0.6) is 0 Å². The Bertz CT molecular complexity index is 829. The third kappa shape index (κ3) is 4.91. The first kappa shape index (κ1) is 19.9. The van der Waals surface area contributed by atoms with Gasteiger partial charge >= 0.3 is 6.18 Å². The zero-order valence-corrected chi connectivity index (χ0v) is 15.2. The molecule has 28 heavy (non-hydrogen) atoms. The Hall–Kier alpha value is -2.83. The highest BCUT2D eigenvalue weighted by molar-refractivity contribution is 5.96. The van der Waals surface area contributed by atoms with E-state index in [1.54, 1.807) is 0 Å². The maximum absolute atomic E-state index is 13.1. The van der Waals surface area contributed by atoms with Gasteiger partial charge < -0.3 is 10.2 Å². The molecule has 3 rings (SSSR count). The molecule has 1 heterocycles. The van der Waals surface area contributed by atoms with Gasteiger partial charge in [0.05, 0.1) is 17.5 Å². The topological polar surface area (TPSA) is 49.4 Å². The number of carbonyl (C=O) groups is 2. The van der Waals surface area contributed by atoms with Crippen molar-refractivity contribution in [2.75, 3.05) is 13.1 Å². The second-order valence-electron chi connectivity index (χ2n) is 6.84. The van der Waals surface area contributed by atoms with Crippen molar-refractivity contribution in [2.24, 2.45) is 0 Å². The van der Waals surface area contributed by atoms with Gasteiger partial charge in [0.25, 0.3) is 5.91 Å². The number of carbonyl (C=O) groups excluding carboxylic acids is 2. The smallest absolute Gasteiger partial charge is 0.353 e. The third-order valence-electron chi connectivity index (χ3n) is 4.82. The van der Waals surface area contributed by atoms with Crippen molar-refractivity contribution in [3.63, 3.8) is 0 Å². The quantitative estimate of drug-likeness (QED) is 0.866. The van der Waals surface area contributed by atoms with E-state index in [-0.39, 0.29) is 23.9 Å². The summed E-state index contributed by atoms with van der Waals surface area (Å²) in [5.74, 6) is -0.722. The van der Waals surface area contributed by atoms with Crippen LogP contribution < -0.4 is 5.32 Å². The maximum atomic E-state index is 13.1. The fourth-order valence-corrected chi connectivity index (χ4v) is 3.37. The van der Waals surface area contributed by atoms with E-state index in [0.29, 0.717) is 25.9 Å². The van der Waals surface area contributed by atoms with Crippen LogP contribution in [-0.2, 0) is 17.4 Å². The second kappa shape index (κ2) is 8.46. The summed E-state index contributed by atoms with van der Waals surface area (Å²) in [5.41, 5.74) is -0.337. The van der Waals surface area contributed by atoms with Gasteiger partial charge in [0.2, 0.25) is 5.91 Å². The summed E-state index contributed by atoms with van der Waals surface area (Å²) in [7, 11) is 0. The van der Waals surface area contributed by atoms with Crippen molar-refractivity contribution in [2.45, 2.75) is 31.5 Å². The van der Waals surface area contributed by atoms with Crippen LogP contribution in [0.3, 0.4) is 0 Å². The van der Waals surface area contributed by atoms with Crippen molar-refractivity contribution in [3.8, 4) is 0 Å². The summed E-state index contributed by atoms with van der Waals surface area (Å²) < 4.78 is 39.4. The second-order valence-corrected chi connectivity index (χ2v) is 6.84. The van der Waals surface area contributed by atoms with Crippen LogP contribution >= 0.6 is 0 Å². The van der Waals surface area contributed by atoms with E-state index < -0.39 is 17.6 Å². The Kier molecular flexibility index (Phi) is 6.02. The summed E-state index contributed by atoms with van der Waals surface area (Å²) in [6, 6.07) is 14.1. The third-order valence-corrected chi connectivity index (χ3v) is 4.82. The standard InChI is InChI=1S/C21H21F3N2O2/c22-21(23,24)18-9-5-4-8-17(18)20(28)26-12-10-16(11-13-26)25-19(27)14-15-6-2-1-3-7-15/h1-9,16H,10-14H2,(H,25,27). The van der Waals surface area contributed by atoms with E-state index in [9.17, 15) is 22.8 Å². The number of rotatable bonds is 4. The SMILES string of the molecule is O=C(Cc1ccccc1)NC1CCN(C(=O)c2ccccc2C(F)(F)F)CC1. The zero-order valence-electron chi connectivity index (χ0n) is 15.2. The van der Waals surface area contributed by atoms with E-state index in [4.69, 9.17) is 0 Å². The van der Waals surface area contributed by atoms with E-state index in [1.165, 1.54) is 23.1 Å². The number of nitrogens with zero attached hydrogens (tertiary/aromatic N) is 1. The van der Waals surface area contributed by atoms with Gasteiger partial charge in [-0.1, -0.05) is 42.5 Å². The highest BCUT2D eigenvalue weighted by Crippen LogP contribution is 2.32. The van der Waals surface area contributed by atoms with Gasteiger partial charge in [-0.25, -0.2) is 0 Å². The summed E-state index contributed by atoms with van der Waals surface area (Å²) in [6.07, 6.45) is -3.27. The molecular formula is C21H21F3N2O2. The first-order valence-corrected chi connectivity index (χ1v) is 9.13. The largest absolute Gasteiger partial charge is 0.417 e. The van der Waals surface area contributed by atoms with Gasteiger partial charge in [-0.05, 0) is 30.5 Å². The van der Waals surface area contributed by atoms with Gasteiger partial charge in [-0.2, -0.15) is 13.2 Å². The van der Waals surface area contributed by atoms with Crippen LogP contribution in [0.25, 0.3) is 0 Å². The lowest BCUT2D eigenvalue weighted by atomic mass is 10.0. The van der Waals surface area contributed by atoms with Crippen molar-refractivity contribution < 1.29 is 22.8 Å². The molecule has 1 N–H and O–H groups in total. The molecule has 0 unspecified atom stereocenters. The average Bonchev–Trinajstić information content (AvgIpc) is 2.68. The molecular weight excluding hydrogens is 369 g/mol. The molecule has 0 spiro atoms. The maximum Gasteiger partial charge on any atom is 0.417 e. The molecule has 0 atom stereocenters. The van der Waals surface area contributed by atoms with Gasteiger partial charge in [-0.3, -0.25) is 9.59 Å². The number of benzene rings is 2. The number of hydrogen-bond donors (Lipinski definition) is 1. The first-order chi connectivity index (χ1) is 13.3. The number of hydrogen-bond acceptors (Lipinski definition) is 2. The number of nitrogens with one attached hydrogen (secondary N) is 1. The Morgan fingerprint density at radius 3 is 2.21 bits per heavy atom. The fourth-order valence-electron chi connectivity index (χ4n) is 3.37. The lowest BCUT2D eigenvalue weighted by Crippen LogP contribution is -2.47. The van der Waals surface area contributed by atoms with Gasteiger partial charge in [0.1, 0.15) is 0 Å².